The minimum atomic E-state index is -0.832. The number of rotatable bonds is 4. The Morgan fingerprint density at radius 1 is 1.50 bits per heavy atom. The molecule has 1 rings (SSSR count). The van der Waals surface area contributed by atoms with Gasteiger partial charge in [0.25, 0.3) is 0 Å². The molecule has 1 saturated carbocycles. The van der Waals surface area contributed by atoms with Gasteiger partial charge in [0, 0.05) is 19.5 Å². The van der Waals surface area contributed by atoms with E-state index in [1.54, 1.807) is 25.8 Å². The Hall–Kier alpha value is -0.610. The summed E-state index contributed by atoms with van der Waals surface area (Å²) in [5.74, 6) is 0.532. The maximum atomic E-state index is 12.2. The van der Waals surface area contributed by atoms with Gasteiger partial charge in [-0.05, 0) is 39.2 Å². The van der Waals surface area contributed by atoms with Gasteiger partial charge in [0.15, 0.2) is 0 Å². The molecule has 1 aliphatic carbocycles. The quantitative estimate of drug-likeness (QED) is 0.740. The van der Waals surface area contributed by atoms with Gasteiger partial charge in [0.1, 0.15) is 0 Å². The van der Waals surface area contributed by atoms with Crippen LogP contribution < -0.4 is 5.73 Å². The van der Waals surface area contributed by atoms with Crippen molar-refractivity contribution < 1.29 is 9.90 Å². The summed E-state index contributed by atoms with van der Waals surface area (Å²) >= 11 is 0. The van der Waals surface area contributed by atoms with E-state index in [-0.39, 0.29) is 11.8 Å². The van der Waals surface area contributed by atoms with E-state index in [4.69, 9.17) is 5.73 Å². The zero-order valence-corrected chi connectivity index (χ0v) is 10.6. The highest BCUT2D eigenvalue weighted by molar-refractivity contribution is 5.79. The van der Waals surface area contributed by atoms with Gasteiger partial charge in [-0.3, -0.25) is 4.79 Å². The lowest BCUT2D eigenvalue weighted by Crippen LogP contribution is -2.43. The Balaban J connectivity index is 2.56. The molecule has 1 aliphatic rings. The molecular formula is C12H24N2O2. The fraction of sp³-hybridized carbons (Fsp3) is 0.917. The minimum Gasteiger partial charge on any atom is -0.389 e. The fourth-order valence-electron chi connectivity index (χ4n) is 2.59. The summed E-state index contributed by atoms with van der Waals surface area (Å²) in [7, 11) is 1.76. The first-order valence-corrected chi connectivity index (χ1v) is 6.02. The maximum Gasteiger partial charge on any atom is 0.225 e. The molecule has 0 heterocycles. The van der Waals surface area contributed by atoms with E-state index in [9.17, 15) is 9.90 Å². The van der Waals surface area contributed by atoms with Crippen LogP contribution in [0.2, 0.25) is 0 Å². The Morgan fingerprint density at radius 2 is 2.12 bits per heavy atom. The van der Waals surface area contributed by atoms with Crippen molar-refractivity contribution in [2.75, 3.05) is 20.1 Å². The lowest BCUT2D eigenvalue weighted by atomic mass is 9.94. The summed E-state index contributed by atoms with van der Waals surface area (Å²) in [6, 6.07) is 0. The molecule has 0 saturated heterocycles. The standard InChI is InChI=1S/C12H24N2O2/c1-12(2,16)8-14(3)11(15)10-6-4-5-9(10)7-13/h9-10,16H,4-8,13H2,1-3H3. The van der Waals surface area contributed by atoms with Crippen LogP contribution in [-0.2, 0) is 4.79 Å². The van der Waals surface area contributed by atoms with E-state index >= 15 is 0 Å². The zero-order valence-electron chi connectivity index (χ0n) is 10.6. The molecule has 0 spiro atoms. The van der Waals surface area contributed by atoms with Crippen LogP contribution in [0, 0.1) is 11.8 Å². The molecule has 3 N–H and O–H groups in total. The maximum absolute atomic E-state index is 12.2. The molecule has 1 amide bonds. The van der Waals surface area contributed by atoms with E-state index in [0.717, 1.165) is 19.3 Å². The molecule has 0 bridgehead atoms. The summed E-state index contributed by atoms with van der Waals surface area (Å²) in [5.41, 5.74) is 4.84. The second kappa shape index (κ2) is 5.15. The Kier molecular flexibility index (Phi) is 4.33. The van der Waals surface area contributed by atoms with E-state index in [2.05, 4.69) is 0 Å². The van der Waals surface area contributed by atoms with Crippen molar-refractivity contribution in [1.29, 1.82) is 0 Å². The zero-order chi connectivity index (χ0) is 12.3. The third-order valence-corrected chi connectivity index (χ3v) is 3.28. The summed E-state index contributed by atoms with van der Waals surface area (Å²) in [6.45, 7) is 4.39. The van der Waals surface area contributed by atoms with Crippen molar-refractivity contribution in [1.82, 2.24) is 4.90 Å². The normalized spacial score (nSPS) is 25.8. The molecule has 1 fully saturated rings. The topological polar surface area (TPSA) is 66.6 Å². The van der Waals surface area contributed by atoms with Gasteiger partial charge in [-0.25, -0.2) is 0 Å². The average Bonchev–Trinajstić information content (AvgIpc) is 2.61. The van der Waals surface area contributed by atoms with Crippen molar-refractivity contribution in [2.45, 2.75) is 38.7 Å². The van der Waals surface area contributed by atoms with Crippen molar-refractivity contribution in [3.05, 3.63) is 0 Å². The molecule has 0 aromatic rings. The number of nitrogens with zero attached hydrogens (tertiary/aromatic N) is 1. The SMILES string of the molecule is CN(CC(C)(C)O)C(=O)C1CCCC1CN. The van der Waals surface area contributed by atoms with Gasteiger partial charge in [-0.1, -0.05) is 6.42 Å². The van der Waals surface area contributed by atoms with Gasteiger partial charge in [-0.15, -0.1) is 0 Å². The Morgan fingerprint density at radius 3 is 2.62 bits per heavy atom. The van der Waals surface area contributed by atoms with E-state index < -0.39 is 5.60 Å². The second-order valence-electron chi connectivity index (χ2n) is 5.54. The lowest BCUT2D eigenvalue weighted by molar-refractivity contribution is -0.137. The first kappa shape index (κ1) is 13.5. The van der Waals surface area contributed by atoms with Crippen LogP contribution in [0.5, 0.6) is 0 Å². The van der Waals surface area contributed by atoms with Gasteiger partial charge in [0.2, 0.25) is 5.91 Å². The van der Waals surface area contributed by atoms with Gasteiger partial charge >= 0.3 is 0 Å². The molecule has 0 radical (unpaired) electrons. The molecule has 4 heteroatoms. The van der Waals surface area contributed by atoms with Crippen molar-refractivity contribution in [3.63, 3.8) is 0 Å². The molecule has 4 nitrogen and oxygen atoms in total. The Bertz CT molecular complexity index is 248. The van der Waals surface area contributed by atoms with Crippen molar-refractivity contribution >= 4 is 5.91 Å². The van der Waals surface area contributed by atoms with E-state index in [1.165, 1.54) is 0 Å². The Labute approximate surface area is 97.8 Å². The summed E-state index contributed by atoms with van der Waals surface area (Å²) < 4.78 is 0. The van der Waals surface area contributed by atoms with Crippen LogP contribution in [0.25, 0.3) is 0 Å². The summed E-state index contributed by atoms with van der Waals surface area (Å²) in [6.07, 6.45) is 3.09. The van der Waals surface area contributed by atoms with Crippen LogP contribution in [0.1, 0.15) is 33.1 Å². The van der Waals surface area contributed by atoms with E-state index in [1.807, 2.05) is 0 Å². The highest BCUT2D eigenvalue weighted by atomic mass is 16.3. The molecule has 0 aromatic heterocycles. The molecule has 0 aliphatic heterocycles. The van der Waals surface area contributed by atoms with Gasteiger partial charge < -0.3 is 15.7 Å². The number of carbonyl (C=O) groups is 1. The first-order valence-electron chi connectivity index (χ1n) is 6.02. The predicted octanol–water partition coefficient (Wildman–Crippen LogP) is 0.591. The number of likely N-dealkylation sites (N-methyl/N-ethyl adjacent to an activating group) is 1. The number of amides is 1. The first-order chi connectivity index (χ1) is 7.35. The molecule has 94 valence electrons. The number of hydrogen-bond donors (Lipinski definition) is 2. The van der Waals surface area contributed by atoms with Crippen LogP contribution in [0.4, 0.5) is 0 Å². The number of aliphatic hydroxyl groups is 1. The second-order valence-corrected chi connectivity index (χ2v) is 5.54. The van der Waals surface area contributed by atoms with Crippen LogP contribution in [0.15, 0.2) is 0 Å². The third kappa shape index (κ3) is 3.46. The lowest BCUT2D eigenvalue weighted by Gasteiger charge is -2.29. The average molecular weight is 228 g/mol. The predicted molar refractivity (Wildman–Crippen MR) is 63.8 cm³/mol. The third-order valence-electron chi connectivity index (χ3n) is 3.28. The van der Waals surface area contributed by atoms with Crippen LogP contribution in [-0.4, -0.2) is 41.7 Å². The van der Waals surface area contributed by atoms with Crippen molar-refractivity contribution in [3.8, 4) is 0 Å². The van der Waals surface area contributed by atoms with Crippen LogP contribution in [0.3, 0.4) is 0 Å². The van der Waals surface area contributed by atoms with Gasteiger partial charge in [-0.2, -0.15) is 0 Å². The van der Waals surface area contributed by atoms with Crippen molar-refractivity contribution in [2.24, 2.45) is 17.6 Å². The fourth-order valence-corrected chi connectivity index (χ4v) is 2.59. The molecule has 16 heavy (non-hydrogen) atoms. The summed E-state index contributed by atoms with van der Waals surface area (Å²) in [4.78, 5) is 13.8. The highest BCUT2D eigenvalue weighted by Gasteiger charge is 2.34. The van der Waals surface area contributed by atoms with Crippen LogP contribution >= 0.6 is 0 Å². The number of carbonyl (C=O) groups excluding carboxylic acids is 1. The minimum absolute atomic E-state index is 0.0670. The molecule has 2 unspecified atom stereocenters. The monoisotopic (exact) mass is 228 g/mol. The van der Waals surface area contributed by atoms with E-state index in [0.29, 0.717) is 19.0 Å². The highest BCUT2D eigenvalue weighted by Crippen LogP contribution is 2.32. The molecule has 2 atom stereocenters. The smallest absolute Gasteiger partial charge is 0.225 e. The number of hydrogen-bond acceptors (Lipinski definition) is 3. The summed E-state index contributed by atoms with van der Waals surface area (Å²) in [5, 5.41) is 9.68. The molecule has 0 aromatic carbocycles. The largest absolute Gasteiger partial charge is 0.389 e. The molecular weight excluding hydrogens is 204 g/mol. The number of nitrogens with two attached hydrogens (primary N) is 1. The van der Waals surface area contributed by atoms with Gasteiger partial charge in [0.05, 0.1) is 5.60 Å².